The fourth-order valence-corrected chi connectivity index (χ4v) is 1.75. The van der Waals surface area contributed by atoms with E-state index < -0.39 is 4.87 Å². The molecule has 2 nitrogen and oxygen atoms in total. The van der Waals surface area contributed by atoms with E-state index in [-0.39, 0.29) is 17.8 Å². The number of aliphatic hydroxyl groups is 1. The topological polar surface area (TPSA) is 37.3 Å². The summed E-state index contributed by atoms with van der Waals surface area (Å²) in [5, 5.41) is 9.27. The van der Waals surface area contributed by atoms with Crippen molar-refractivity contribution < 1.29 is 9.90 Å². The number of hydrogen-bond donors (Lipinski definition) is 1. The molecule has 0 aromatic heterocycles. The van der Waals surface area contributed by atoms with Gasteiger partial charge in [-0.05, 0) is 32.6 Å². The monoisotopic (exact) mass is 190 g/mol. The van der Waals surface area contributed by atoms with Gasteiger partial charge in [0.15, 0.2) is 5.78 Å². The van der Waals surface area contributed by atoms with E-state index >= 15 is 0 Å². The van der Waals surface area contributed by atoms with Crippen LogP contribution in [-0.4, -0.2) is 21.9 Å². The molecule has 0 spiro atoms. The first-order chi connectivity index (χ1) is 5.43. The third-order valence-electron chi connectivity index (χ3n) is 2.70. The molecule has 0 saturated heterocycles. The van der Waals surface area contributed by atoms with Crippen LogP contribution in [0.1, 0.15) is 33.1 Å². The molecule has 0 aromatic carbocycles. The largest absolute Gasteiger partial charge is 0.393 e. The smallest absolute Gasteiger partial charge is 0.153 e. The SMILES string of the molecule is CC(O)C1CCC(C)(Cl)C(=O)C1. The summed E-state index contributed by atoms with van der Waals surface area (Å²) in [6.45, 7) is 3.49. The highest BCUT2D eigenvalue weighted by atomic mass is 35.5. The van der Waals surface area contributed by atoms with Crippen molar-refractivity contribution in [3.05, 3.63) is 0 Å². The van der Waals surface area contributed by atoms with Crippen molar-refractivity contribution in [1.82, 2.24) is 0 Å². The Balaban J connectivity index is 2.58. The third-order valence-corrected chi connectivity index (χ3v) is 3.10. The first-order valence-electron chi connectivity index (χ1n) is 4.34. The molecule has 1 N–H and O–H groups in total. The Labute approximate surface area is 77.9 Å². The van der Waals surface area contributed by atoms with Gasteiger partial charge in [-0.3, -0.25) is 4.79 Å². The van der Waals surface area contributed by atoms with Crippen molar-refractivity contribution in [3.63, 3.8) is 0 Å². The molecule has 1 rings (SSSR count). The highest BCUT2D eigenvalue weighted by Crippen LogP contribution is 2.35. The molecular weight excluding hydrogens is 176 g/mol. The second kappa shape index (κ2) is 3.35. The minimum atomic E-state index is -0.675. The summed E-state index contributed by atoms with van der Waals surface area (Å²) in [5.74, 6) is 0.186. The molecule has 70 valence electrons. The number of carbonyl (C=O) groups is 1. The van der Waals surface area contributed by atoms with Crippen LogP contribution < -0.4 is 0 Å². The van der Waals surface area contributed by atoms with Crippen LogP contribution in [0.5, 0.6) is 0 Å². The Kier molecular flexibility index (Phi) is 2.79. The predicted molar refractivity (Wildman–Crippen MR) is 48.3 cm³/mol. The Bertz CT molecular complexity index is 187. The van der Waals surface area contributed by atoms with Crippen molar-refractivity contribution in [2.45, 2.75) is 44.1 Å². The van der Waals surface area contributed by atoms with E-state index in [4.69, 9.17) is 11.6 Å². The lowest BCUT2D eigenvalue weighted by Crippen LogP contribution is -2.38. The number of ketones is 1. The zero-order valence-corrected chi connectivity index (χ0v) is 8.27. The van der Waals surface area contributed by atoms with Crippen molar-refractivity contribution in [1.29, 1.82) is 0 Å². The molecule has 3 unspecified atom stereocenters. The molecule has 1 fully saturated rings. The maximum Gasteiger partial charge on any atom is 0.153 e. The summed E-state index contributed by atoms with van der Waals surface area (Å²) in [5.41, 5.74) is 0. The molecule has 12 heavy (non-hydrogen) atoms. The number of hydrogen-bond acceptors (Lipinski definition) is 2. The quantitative estimate of drug-likeness (QED) is 0.640. The molecular formula is C9H15ClO2. The number of aliphatic hydroxyl groups excluding tert-OH is 1. The van der Waals surface area contributed by atoms with Crippen LogP contribution in [0, 0.1) is 5.92 Å². The average molecular weight is 191 g/mol. The van der Waals surface area contributed by atoms with E-state index in [0.29, 0.717) is 12.8 Å². The maximum atomic E-state index is 11.4. The van der Waals surface area contributed by atoms with Gasteiger partial charge < -0.3 is 5.11 Å². The molecule has 0 aromatic rings. The lowest BCUT2D eigenvalue weighted by molar-refractivity contribution is -0.125. The van der Waals surface area contributed by atoms with Gasteiger partial charge in [0.2, 0.25) is 0 Å². The Morgan fingerprint density at radius 3 is 2.75 bits per heavy atom. The molecule has 1 aliphatic carbocycles. The number of rotatable bonds is 1. The molecule has 0 bridgehead atoms. The molecule has 0 aliphatic heterocycles. The first-order valence-corrected chi connectivity index (χ1v) is 4.71. The van der Waals surface area contributed by atoms with E-state index in [1.165, 1.54) is 0 Å². The zero-order valence-electron chi connectivity index (χ0n) is 7.51. The van der Waals surface area contributed by atoms with Gasteiger partial charge in [-0.15, -0.1) is 11.6 Å². The average Bonchev–Trinajstić information content (AvgIpc) is 1.94. The van der Waals surface area contributed by atoms with Crippen LogP contribution in [0.3, 0.4) is 0 Å². The van der Waals surface area contributed by atoms with Gasteiger partial charge in [0, 0.05) is 6.42 Å². The number of carbonyl (C=O) groups excluding carboxylic acids is 1. The zero-order chi connectivity index (χ0) is 9.35. The molecule has 1 saturated carbocycles. The van der Waals surface area contributed by atoms with Crippen LogP contribution in [0.4, 0.5) is 0 Å². The van der Waals surface area contributed by atoms with Crippen LogP contribution in [0.2, 0.25) is 0 Å². The summed E-state index contributed by atoms with van der Waals surface area (Å²) >= 11 is 5.96. The number of halogens is 1. The van der Waals surface area contributed by atoms with Crippen LogP contribution in [0.15, 0.2) is 0 Å². The Morgan fingerprint density at radius 2 is 2.33 bits per heavy atom. The first kappa shape index (κ1) is 10.0. The number of Topliss-reactive ketones (excluding diaryl/α,β-unsaturated/α-hetero) is 1. The maximum absolute atomic E-state index is 11.4. The third kappa shape index (κ3) is 1.99. The standard InChI is InChI=1S/C9H15ClO2/c1-6(11)7-3-4-9(2,10)8(12)5-7/h6-7,11H,3-5H2,1-2H3. The van der Waals surface area contributed by atoms with Crippen LogP contribution in [-0.2, 0) is 4.79 Å². The fraction of sp³-hybridized carbons (Fsp3) is 0.889. The van der Waals surface area contributed by atoms with Gasteiger partial charge in [0.05, 0.1) is 11.0 Å². The van der Waals surface area contributed by atoms with Crippen molar-refractivity contribution in [2.75, 3.05) is 0 Å². The lowest BCUT2D eigenvalue weighted by atomic mass is 9.79. The Morgan fingerprint density at radius 1 is 1.75 bits per heavy atom. The second-order valence-corrected chi connectivity index (χ2v) is 4.70. The molecule has 3 heteroatoms. The van der Waals surface area contributed by atoms with Crippen LogP contribution >= 0.6 is 11.6 Å². The fourth-order valence-electron chi connectivity index (χ4n) is 1.56. The van der Waals surface area contributed by atoms with E-state index in [9.17, 15) is 9.90 Å². The minimum absolute atomic E-state index is 0.0707. The van der Waals surface area contributed by atoms with E-state index in [0.717, 1.165) is 6.42 Å². The summed E-state index contributed by atoms with van der Waals surface area (Å²) < 4.78 is 0. The Hall–Kier alpha value is -0.0800. The summed E-state index contributed by atoms with van der Waals surface area (Å²) in [6, 6.07) is 0. The summed E-state index contributed by atoms with van der Waals surface area (Å²) in [6.07, 6.45) is 1.58. The van der Waals surface area contributed by atoms with E-state index in [2.05, 4.69) is 0 Å². The normalized spacial score (nSPS) is 39.7. The molecule has 0 heterocycles. The molecule has 0 amide bonds. The second-order valence-electron chi connectivity index (χ2n) is 3.86. The highest BCUT2D eigenvalue weighted by molar-refractivity contribution is 6.35. The van der Waals surface area contributed by atoms with Gasteiger partial charge in [0.1, 0.15) is 0 Å². The predicted octanol–water partition coefficient (Wildman–Crippen LogP) is 1.73. The van der Waals surface area contributed by atoms with E-state index in [1.54, 1.807) is 13.8 Å². The van der Waals surface area contributed by atoms with Crippen molar-refractivity contribution in [2.24, 2.45) is 5.92 Å². The van der Waals surface area contributed by atoms with Crippen molar-refractivity contribution in [3.8, 4) is 0 Å². The van der Waals surface area contributed by atoms with Gasteiger partial charge >= 0.3 is 0 Å². The van der Waals surface area contributed by atoms with Gasteiger partial charge in [0.25, 0.3) is 0 Å². The molecule has 1 aliphatic rings. The molecule has 3 atom stereocenters. The lowest BCUT2D eigenvalue weighted by Gasteiger charge is -2.32. The summed E-state index contributed by atoms with van der Waals surface area (Å²) in [7, 11) is 0. The van der Waals surface area contributed by atoms with Gasteiger partial charge in [-0.2, -0.15) is 0 Å². The molecule has 0 radical (unpaired) electrons. The van der Waals surface area contributed by atoms with Gasteiger partial charge in [-0.25, -0.2) is 0 Å². The highest BCUT2D eigenvalue weighted by Gasteiger charge is 2.38. The number of alkyl halides is 1. The van der Waals surface area contributed by atoms with Gasteiger partial charge in [-0.1, -0.05) is 0 Å². The summed E-state index contributed by atoms with van der Waals surface area (Å²) in [4.78, 5) is 10.7. The van der Waals surface area contributed by atoms with Crippen LogP contribution in [0.25, 0.3) is 0 Å². The van der Waals surface area contributed by atoms with Crippen molar-refractivity contribution >= 4 is 17.4 Å². The minimum Gasteiger partial charge on any atom is -0.393 e. The van der Waals surface area contributed by atoms with E-state index in [1.807, 2.05) is 0 Å².